The molecule has 6 nitrogen and oxygen atoms in total. The van der Waals surface area contributed by atoms with Gasteiger partial charge in [0.1, 0.15) is 4.90 Å². The van der Waals surface area contributed by atoms with Gasteiger partial charge in [0.2, 0.25) is 16.0 Å². The van der Waals surface area contributed by atoms with E-state index < -0.39 is 10.0 Å². The maximum Gasteiger partial charge on any atom is 0.246 e. The van der Waals surface area contributed by atoms with Gasteiger partial charge >= 0.3 is 0 Å². The largest absolute Gasteiger partial charge is 0.355 e. The molecule has 0 saturated carbocycles. The fourth-order valence-corrected chi connectivity index (χ4v) is 5.20. The Balaban J connectivity index is 2.21. The summed E-state index contributed by atoms with van der Waals surface area (Å²) in [6, 6.07) is 0. The van der Waals surface area contributed by atoms with Gasteiger partial charge < -0.3 is 5.32 Å². The van der Waals surface area contributed by atoms with E-state index in [2.05, 4.69) is 15.3 Å². The number of hydrogen-bond acceptors (Lipinski definition) is 6. The number of anilines is 1. The van der Waals surface area contributed by atoms with Crippen LogP contribution in [0.15, 0.2) is 17.3 Å². The molecule has 0 aromatic carbocycles. The highest BCUT2D eigenvalue weighted by molar-refractivity contribution is 8.00. The summed E-state index contributed by atoms with van der Waals surface area (Å²) in [5.74, 6) is 0.447. The molecule has 0 radical (unpaired) electrons. The quantitative estimate of drug-likeness (QED) is 0.905. The summed E-state index contributed by atoms with van der Waals surface area (Å²) in [4.78, 5) is 8.23. The Morgan fingerprint density at radius 3 is 2.35 bits per heavy atom. The molecule has 0 aliphatic carbocycles. The molecule has 0 amide bonds. The Hall–Kier alpha value is -0.860. The minimum absolute atomic E-state index is 0.158. The van der Waals surface area contributed by atoms with Crippen LogP contribution < -0.4 is 5.32 Å². The number of thioether (sulfide) groups is 1. The molecule has 1 aliphatic rings. The number of nitrogens with one attached hydrogen (secondary N) is 1. The van der Waals surface area contributed by atoms with Crippen molar-refractivity contribution in [3.05, 3.63) is 12.4 Å². The van der Waals surface area contributed by atoms with E-state index in [1.807, 2.05) is 32.5 Å². The third kappa shape index (κ3) is 3.42. The Bertz CT molecular complexity index is 537. The van der Waals surface area contributed by atoms with E-state index in [4.69, 9.17) is 0 Å². The Morgan fingerprint density at radius 1 is 1.30 bits per heavy atom. The highest BCUT2D eigenvalue weighted by Crippen LogP contribution is 2.28. The van der Waals surface area contributed by atoms with Crippen LogP contribution in [0.2, 0.25) is 0 Å². The van der Waals surface area contributed by atoms with Crippen molar-refractivity contribution in [3.8, 4) is 0 Å². The van der Waals surface area contributed by atoms with Gasteiger partial charge in [0, 0.05) is 30.1 Å². The van der Waals surface area contributed by atoms with Gasteiger partial charge in [-0.15, -0.1) is 0 Å². The first kappa shape index (κ1) is 15.5. The lowest BCUT2D eigenvalue weighted by Crippen LogP contribution is -2.43. The Morgan fingerprint density at radius 2 is 1.85 bits per heavy atom. The average Bonchev–Trinajstić information content (AvgIpc) is 2.38. The molecular formula is C12H20N4O2S2. The number of sulfonamides is 1. The highest BCUT2D eigenvalue weighted by atomic mass is 32.2. The zero-order valence-corrected chi connectivity index (χ0v) is 13.5. The molecule has 112 valence electrons. The molecule has 8 heteroatoms. The second-order valence-corrected chi connectivity index (χ2v) is 8.67. The second-order valence-electron chi connectivity index (χ2n) is 4.85. The third-order valence-corrected chi connectivity index (χ3v) is 6.00. The second kappa shape index (κ2) is 6.28. The van der Waals surface area contributed by atoms with E-state index >= 15 is 0 Å². The van der Waals surface area contributed by atoms with Crippen molar-refractivity contribution in [2.75, 3.05) is 25.0 Å². The standard InChI is InChI=1S/C12H20N4O2S2/c1-4-13-12-14-5-11(6-15-12)20(17,18)16-7-9(2)19-10(3)8-16/h5-6,9-10H,4,7-8H2,1-3H3,(H,13,14,15). The number of hydrogen-bond donors (Lipinski definition) is 1. The van der Waals surface area contributed by atoms with Gasteiger partial charge in [0.25, 0.3) is 0 Å². The van der Waals surface area contributed by atoms with Crippen LogP contribution in [0.3, 0.4) is 0 Å². The summed E-state index contributed by atoms with van der Waals surface area (Å²) < 4.78 is 26.7. The van der Waals surface area contributed by atoms with Gasteiger partial charge in [-0.05, 0) is 6.92 Å². The van der Waals surface area contributed by atoms with Crippen molar-refractivity contribution in [3.63, 3.8) is 0 Å². The summed E-state index contributed by atoms with van der Waals surface area (Å²) in [5, 5.41) is 3.55. The molecule has 20 heavy (non-hydrogen) atoms. The van der Waals surface area contributed by atoms with Crippen LogP contribution in [0.5, 0.6) is 0 Å². The van der Waals surface area contributed by atoms with E-state index in [0.29, 0.717) is 36.1 Å². The molecular weight excluding hydrogens is 296 g/mol. The van der Waals surface area contributed by atoms with Crippen molar-refractivity contribution in [2.45, 2.75) is 36.2 Å². The van der Waals surface area contributed by atoms with E-state index in [1.165, 1.54) is 16.7 Å². The zero-order chi connectivity index (χ0) is 14.8. The lowest BCUT2D eigenvalue weighted by molar-refractivity contribution is 0.404. The van der Waals surface area contributed by atoms with Crippen molar-refractivity contribution < 1.29 is 8.42 Å². The van der Waals surface area contributed by atoms with Gasteiger partial charge in [-0.3, -0.25) is 0 Å². The normalized spacial score (nSPS) is 24.6. The van der Waals surface area contributed by atoms with Crippen LogP contribution in [0.4, 0.5) is 5.95 Å². The fourth-order valence-electron chi connectivity index (χ4n) is 2.17. The molecule has 2 unspecified atom stereocenters. The van der Waals surface area contributed by atoms with E-state index in [9.17, 15) is 8.42 Å². The van der Waals surface area contributed by atoms with Gasteiger partial charge in [0.05, 0.1) is 12.4 Å². The topological polar surface area (TPSA) is 75.2 Å². The average molecular weight is 316 g/mol. The molecule has 1 fully saturated rings. The third-order valence-electron chi connectivity index (χ3n) is 2.99. The van der Waals surface area contributed by atoms with E-state index in [-0.39, 0.29) is 4.90 Å². The summed E-state index contributed by atoms with van der Waals surface area (Å²) in [7, 11) is -3.49. The first-order valence-corrected chi connectivity index (χ1v) is 9.03. The van der Waals surface area contributed by atoms with Crippen molar-refractivity contribution >= 4 is 27.7 Å². The van der Waals surface area contributed by atoms with Crippen molar-refractivity contribution in [1.82, 2.24) is 14.3 Å². The first-order valence-electron chi connectivity index (χ1n) is 6.65. The van der Waals surface area contributed by atoms with Crippen LogP contribution in [0.25, 0.3) is 0 Å². The number of rotatable bonds is 4. The van der Waals surface area contributed by atoms with Crippen LogP contribution in [0, 0.1) is 0 Å². The Kier molecular flexibility index (Phi) is 4.87. The van der Waals surface area contributed by atoms with Crippen molar-refractivity contribution in [1.29, 1.82) is 0 Å². The smallest absolute Gasteiger partial charge is 0.246 e. The molecule has 1 aromatic rings. The Labute approximate surface area is 124 Å². The number of aromatic nitrogens is 2. The van der Waals surface area contributed by atoms with Crippen LogP contribution in [-0.2, 0) is 10.0 Å². The van der Waals surface area contributed by atoms with Crippen LogP contribution in [0.1, 0.15) is 20.8 Å². The van der Waals surface area contributed by atoms with Crippen LogP contribution in [-0.4, -0.2) is 52.8 Å². The maximum atomic E-state index is 12.6. The molecule has 1 aromatic heterocycles. The molecule has 2 rings (SSSR count). The highest BCUT2D eigenvalue weighted by Gasteiger charge is 2.32. The lowest BCUT2D eigenvalue weighted by Gasteiger charge is -2.33. The summed E-state index contributed by atoms with van der Waals surface area (Å²) in [6.45, 7) is 7.80. The van der Waals surface area contributed by atoms with Crippen LogP contribution >= 0.6 is 11.8 Å². The molecule has 2 atom stereocenters. The summed E-state index contributed by atoms with van der Waals surface area (Å²) >= 11 is 1.82. The molecule has 0 bridgehead atoms. The lowest BCUT2D eigenvalue weighted by atomic mass is 10.4. The SMILES string of the molecule is CCNc1ncc(S(=O)(=O)N2CC(C)SC(C)C2)cn1. The summed E-state index contributed by atoms with van der Waals surface area (Å²) in [6.07, 6.45) is 2.74. The van der Waals surface area contributed by atoms with Gasteiger partial charge in [0.15, 0.2) is 0 Å². The maximum absolute atomic E-state index is 12.6. The fraction of sp³-hybridized carbons (Fsp3) is 0.667. The van der Waals surface area contributed by atoms with Gasteiger partial charge in [-0.1, -0.05) is 13.8 Å². The molecule has 2 heterocycles. The number of nitrogens with zero attached hydrogens (tertiary/aromatic N) is 3. The predicted octanol–water partition coefficient (Wildman–Crippen LogP) is 1.42. The molecule has 0 spiro atoms. The van der Waals surface area contributed by atoms with Gasteiger partial charge in [-0.2, -0.15) is 16.1 Å². The predicted molar refractivity (Wildman–Crippen MR) is 81.5 cm³/mol. The molecule has 1 N–H and O–H groups in total. The van der Waals surface area contributed by atoms with Crippen molar-refractivity contribution in [2.24, 2.45) is 0 Å². The molecule has 1 saturated heterocycles. The molecule has 1 aliphatic heterocycles. The van der Waals surface area contributed by atoms with E-state index in [0.717, 1.165) is 0 Å². The minimum Gasteiger partial charge on any atom is -0.355 e. The monoisotopic (exact) mass is 316 g/mol. The van der Waals surface area contributed by atoms with E-state index in [1.54, 1.807) is 0 Å². The first-order chi connectivity index (χ1) is 9.43. The minimum atomic E-state index is -3.49. The zero-order valence-electron chi connectivity index (χ0n) is 11.9. The van der Waals surface area contributed by atoms with Gasteiger partial charge in [-0.25, -0.2) is 18.4 Å². The summed E-state index contributed by atoms with van der Waals surface area (Å²) in [5.41, 5.74) is 0.